The van der Waals surface area contributed by atoms with Crippen LogP contribution >= 0.6 is 0 Å². The first-order valence-corrected chi connectivity index (χ1v) is 28.8. The van der Waals surface area contributed by atoms with Crippen LogP contribution in [-0.2, 0) is 72.0 Å². The summed E-state index contributed by atoms with van der Waals surface area (Å²) >= 11 is 0. The van der Waals surface area contributed by atoms with Crippen molar-refractivity contribution in [2.24, 2.45) is 76.7 Å². The van der Waals surface area contributed by atoms with Gasteiger partial charge in [0.25, 0.3) is 11.6 Å². The Hall–Kier alpha value is -1.10. The minimum absolute atomic E-state index is 0.00577. The topological polar surface area (TPSA) is 176 Å². The first-order valence-electron chi connectivity index (χ1n) is 28.8. The molecule has 0 amide bonds. The molecular weight excluding hydrogens is 1030 g/mol. The lowest BCUT2D eigenvalue weighted by Gasteiger charge is -2.62. The lowest BCUT2D eigenvalue weighted by Crippen LogP contribution is -2.76. The van der Waals surface area contributed by atoms with Crippen LogP contribution in [0, 0.1) is 71.0 Å². The van der Waals surface area contributed by atoms with Crippen molar-refractivity contribution >= 4 is 0 Å². The third kappa shape index (κ3) is 8.70. The third-order valence-corrected chi connectivity index (χ3v) is 21.6. The zero-order valence-corrected chi connectivity index (χ0v) is 46.4. The number of nitrogens with one attached hydrogen (secondary N) is 1. The number of rotatable bonds is 11. The predicted molar refractivity (Wildman–Crippen MR) is 255 cm³/mol. The standard InChI is InChI=1S/C36H56F3NO10.C18H28F3NO5/c1-20-8-10-26-22(3)32(7,45-28-33(26)24(20)12-14-30(5,43-28)47-49-33)41-18-16-40-17-19-42-35(36(37,38)39)23(4)27-11-9-21(2)25-13-15-31(6)44-29(46-35)34(25,27)50-48-31;1-10-4-5-13-11(2)17(18(19,20)21,23-9-8-22)25-14-16(13)12(10)6-7-15(3,24-14)26-27-16/h20-29,40H,8-19H2,1-7H3;10-14H,4-9,22H2,1-3H3/t20-,21-,22-,23-,24+,25+,26+,27+,28+,29+,30-,31-,32+,33-,34-,35-;10-,11-,12+,13+,14+,15-,16-,17-/m11/s1. The van der Waals surface area contributed by atoms with E-state index in [1.807, 2.05) is 13.8 Å². The lowest BCUT2D eigenvalue weighted by atomic mass is 9.57. The van der Waals surface area contributed by atoms with Crippen LogP contribution in [0.5, 0.6) is 0 Å². The van der Waals surface area contributed by atoms with Gasteiger partial charge < -0.3 is 53.7 Å². The van der Waals surface area contributed by atoms with Crippen molar-refractivity contribution in [2.75, 3.05) is 39.5 Å². The molecule has 17 nitrogen and oxygen atoms in total. The van der Waals surface area contributed by atoms with Crippen LogP contribution in [0.2, 0.25) is 0 Å². The Labute approximate surface area is 447 Å². The quantitative estimate of drug-likeness (QED) is 0.114. The highest BCUT2D eigenvalue weighted by Gasteiger charge is 2.80. The van der Waals surface area contributed by atoms with E-state index < -0.39 is 106 Å². The highest BCUT2D eigenvalue weighted by atomic mass is 19.4. The average molecular weight is 1120 g/mol. The molecule has 3 spiro atoms. The van der Waals surface area contributed by atoms with Gasteiger partial charge in [0.2, 0.25) is 17.4 Å². The molecule has 15 aliphatic rings. The first-order chi connectivity index (χ1) is 36.1. The normalized spacial score (nSPS) is 54.4. The molecule has 6 bridgehead atoms. The minimum Gasteiger partial charge on any atom is -0.348 e. The maximum Gasteiger partial charge on any atom is 0.443 e. The van der Waals surface area contributed by atoms with E-state index in [2.05, 4.69) is 33.0 Å². The maximum atomic E-state index is 15.1. The van der Waals surface area contributed by atoms with Gasteiger partial charge in [-0.3, -0.25) is 0 Å². The van der Waals surface area contributed by atoms with Crippen molar-refractivity contribution in [3.05, 3.63) is 0 Å². The Morgan fingerprint density at radius 2 is 0.779 bits per heavy atom. The number of halogens is 6. The van der Waals surface area contributed by atoms with Gasteiger partial charge in [0.05, 0.1) is 19.8 Å². The summed E-state index contributed by atoms with van der Waals surface area (Å²) in [6.45, 7) is 19.2. The van der Waals surface area contributed by atoms with E-state index >= 15 is 13.2 Å². The van der Waals surface area contributed by atoms with Crippen molar-refractivity contribution in [3.63, 3.8) is 0 Å². The molecule has 3 aliphatic carbocycles. The largest absolute Gasteiger partial charge is 0.443 e. The van der Waals surface area contributed by atoms with E-state index in [4.69, 9.17) is 77.7 Å². The lowest BCUT2D eigenvalue weighted by molar-refractivity contribution is -0.598. The summed E-state index contributed by atoms with van der Waals surface area (Å²) in [6, 6.07) is 0. The van der Waals surface area contributed by atoms with Crippen LogP contribution in [-0.4, -0.2) is 122 Å². The summed E-state index contributed by atoms with van der Waals surface area (Å²) in [5.74, 6) is -11.6. The molecular formula is C54H84F6N2O15. The zero-order valence-electron chi connectivity index (χ0n) is 46.4. The molecule has 3 saturated carbocycles. The Morgan fingerprint density at radius 1 is 0.429 bits per heavy atom. The molecule has 77 heavy (non-hydrogen) atoms. The number of nitrogens with two attached hydrogens (primary N) is 1. The smallest absolute Gasteiger partial charge is 0.348 e. The third-order valence-electron chi connectivity index (χ3n) is 21.6. The van der Waals surface area contributed by atoms with Gasteiger partial charge in [0.15, 0.2) is 41.5 Å². The molecule has 442 valence electrons. The van der Waals surface area contributed by atoms with Gasteiger partial charge in [-0.05, 0) is 121 Å². The second kappa shape index (κ2) is 19.8. The van der Waals surface area contributed by atoms with E-state index in [0.717, 1.165) is 51.4 Å². The molecule has 23 heteroatoms. The number of ether oxygens (including phenoxy) is 9. The van der Waals surface area contributed by atoms with Gasteiger partial charge in [-0.2, -0.15) is 26.3 Å². The fourth-order valence-electron chi connectivity index (χ4n) is 17.1. The molecule has 15 fully saturated rings. The van der Waals surface area contributed by atoms with Crippen LogP contribution in [0.4, 0.5) is 26.3 Å². The van der Waals surface area contributed by atoms with Gasteiger partial charge in [-0.25, -0.2) is 29.3 Å². The number of hydrogen-bond acceptors (Lipinski definition) is 17. The van der Waals surface area contributed by atoms with Crippen molar-refractivity contribution < 1.29 is 98.3 Å². The summed E-state index contributed by atoms with van der Waals surface area (Å²) in [7, 11) is 0. The van der Waals surface area contributed by atoms with Crippen LogP contribution in [0.15, 0.2) is 0 Å². The Kier molecular flexibility index (Phi) is 14.8. The SMILES string of the molecule is C[C@@H]1CC[C@H]2[C@@H](C)[C@@](C)(OCCNCCO[C@@]3(C(F)(F)F)O[C@@H]4O[C@@]5(C)CC[C@H]6[C@H](C)CC[C@@H]([C@H]3C)[C@@]46OO5)O[C@@H]3O[C@@]4(C)CC[C@@H]1[C@]32OO4.C[C@@H]1CC[C@H]2[C@@H](C)[C@](OCCN)(C(F)(F)F)O[C@@H]3O[C@@]4(C)CC[C@@H]1[C@]32OO4. The summed E-state index contributed by atoms with van der Waals surface area (Å²) in [6.07, 6.45) is -3.73. The Bertz CT molecular complexity index is 2160. The molecule has 12 saturated heterocycles. The molecule has 24 atom stereocenters. The highest BCUT2D eigenvalue weighted by molar-refractivity contribution is 5.15. The second-order valence-corrected chi connectivity index (χ2v) is 25.9. The second-order valence-electron chi connectivity index (χ2n) is 25.9. The minimum atomic E-state index is -4.81. The molecule has 12 heterocycles. The van der Waals surface area contributed by atoms with Crippen LogP contribution in [0.1, 0.15) is 146 Å². The van der Waals surface area contributed by atoms with Gasteiger partial charge in [0, 0.05) is 74.4 Å². The molecule has 3 N–H and O–H groups in total. The van der Waals surface area contributed by atoms with Crippen molar-refractivity contribution in [1.29, 1.82) is 0 Å². The fourth-order valence-corrected chi connectivity index (χ4v) is 17.1. The van der Waals surface area contributed by atoms with Crippen LogP contribution < -0.4 is 11.1 Å². The van der Waals surface area contributed by atoms with E-state index in [9.17, 15) is 13.2 Å². The van der Waals surface area contributed by atoms with Crippen molar-refractivity contribution in [3.8, 4) is 0 Å². The first kappa shape index (κ1) is 57.7. The summed E-state index contributed by atoms with van der Waals surface area (Å²) in [4.78, 5) is 35.5. The molecule has 0 aromatic heterocycles. The summed E-state index contributed by atoms with van der Waals surface area (Å²) < 4.78 is 143. The van der Waals surface area contributed by atoms with E-state index in [1.54, 1.807) is 20.8 Å². The van der Waals surface area contributed by atoms with Crippen molar-refractivity contribution in [2.45, 2.75) is 229 Å². The number of alkyl halides is 6. The van der Waals surface area contributed by atoms with Gasteiger partial charge in [-0.15, -0.1) is 0 Å². The van der Waals surface area contributed by atoms with Crippen LogP contribution in [0.25, 0.3) is 0 Å². The monoisotopic (exact) mass is 1110 g/mol. The van der Waals surface area contributed by atoms with Crippen molar-refractivity contribution in [1.82, 2.24) is 5.32 Å². The highest BCUT2D eigenvalue weighted by Crippen LogP contribution is 2.67. The van der Waals surface area contributed by atoms with E-state index in [-0.39, 0.29) is 74.3 Å². The molecule has 0 radical (unpaired) electrons. The molecule has 12 aliphatic heterocycles. The van der Waals surface area contributed by atoms with Gasteiger partial charge in [0.1, 0.15) is 0 Å². The Balaban J connectivity index is 0.000000197. The summed E-state index contributed by atoms with van der Waals surface area (Å²) in [5.41, 5.74) is 2.55. The van der Waals surface area contributed by atoms with Gasteiger partial charge in [-0.1, -0.05) is 41.5 Å². The maximum absolute atomic E-state index is 15.1. The average Bonchev–Trinajstić information content (AvgIpc) is 4.11. The molecule has 0 aromatic carbocycles. The van der Waals surface area contributed by atoms with E-state index in [1.165, 1.54) is 6.92 Å². The predicted octanol–water partition coefficient (Wildman–Crippen LogP) is 9.45. The van der Waals surface area contributed by atoms with Crippen LogP contribution in [0.3, 0.4) is 0 Å². The Morgan fingerprint density at radius 3 is 1.16 bits per heavy atom. The number of fused-ring (bicyclic) bond motifs is 6. The number of hydrogen-bond donors (Lipinski definition) is 2. The zero-order chi connectivity index (χ0) is 55.2. The van der Waals surface area contributed by atoms with Gasteiger partial charge >= 0.3 is 12.4 Å². The molecule has 0 aromatic rings. The summed E-state index contributed by atoms with van der Waals surface area (Å²) in [5, 5.41) is 3.19. The fraction of sp³-hybridized carbons (Fsp3) is 1.00. The molecule has 0 unspecified atom stereocenters. The van der Waals surface area contributed by atoms with E-state index in [0.29, 0.717) is 38.1 Å². The molecule has 15 rings (SSSR count).